The Morgan fingerprint density at radius 3 is 1.80 bits per heavy atom. The first-order valence-corrected chi connectivity index (χ1v) is 26.1. The fraction of sp³-hybridized carbons (Fsp3) is 0.478. The summed E-state index contributed by atoms with van der Waals surface area (Å²) in [5.74, 6) is -1.81. The highest BCUT2D eigenvalue weighted by Crippen LogP contribution is 2.37. The predicted octanol–water partition coefficient (Wildman–Crippen LogP) is 6.47. The van der Waals surface area contributed by atoms with Gasteiger partial charge in [-0.2, -0.15) is 15.3 Å². The lowest BCUT2D eigenvalue weighted by Gasteiger charge is -2.38. The zero-order valence-corrected chi connectivity index (χ0v) is 39.1. The number of piperidine rings is 2. The first kappa shape index (κ1) is 45.9. The molecule has 2 fully saturated rings. The summed E-state index contributed by atoms with van der Waals surface area (Å²) in [7, 11) is -1.24. The zero-order chi connectivity index (χ0) is 45.9. The monoisotopic (exact) mass is 890 g/mol. The van der Waals surface area contributed by atoms with Crippen molar-refractivity contribution in [3.05, 3.63) is 72.3 Å². The number of fused-ring (bicyclic) bond motifs is 3. The number of benzene rings is 2. The Hall–Kier alpha value is -6.14. The second-order valence-electron chi connectivity index (χ2n) is 18.5. The minimum Gasteiger partial charge on any atom is -0.383 e. The third-order valence-corrected chi connectivity index (χ3v) is 14.1. The number of hydrogen-bond donors (Lipinski definition) is 3. The van der Waals surface area contributed by atoms with Crippen LogP contribution in [0.15, 0.2) is 61.2 Å². The molecule has 18 heteroatoms. The molecule has 4 atom stereocenters. The molecule has 6 aromatic rings. The number of rotatable bonds is 10. The van der Waals surface area contributed by atoms with Gasteiger partial charge in [0.1, 0.15) is 12.5 Å². The Kier molecular flexibility index (Phi) is 13.8. The van der Waals surface area contributed by atoms with Gasteiger partial charge in [-0.15, -0.1) is 0 Å². The Morgan fingerprint density at radius 2 is 1.28 bits per heavy atom. The van der Waals surface area contributed by atoms with Crippen LogP contribution in [0.1, 0.15) is 76.6 Å². The lowest BCUT2D eigenvalue weighted by molar-refractivity contribution is -0.147. The van der Waals surface area contributed by atoms with Gasteiger partial charge in [0.25, 0.3) is 0 Å². The van der Waals surface area contributed by atoms with Gasteiger partial charge in [0.15, 0.2) is 0 Å². The standard InChI is InChI=1S/C29H40N8O3Si.C17H22N4O2/c1-6-36-25-10-8-20(13-21(25)14-32-36)24-9-7-19(2)17-35(24)29(39)28(38)34-23-16-31-27(30)22-15-33-37(26(22)23)18-40-11-12-41(3,4)5;1-3-21-15-7-5-12(8-13(15)9-19-21)14-6-4-11(2)10-20(14)17(23)16(18)22/h8,10,13-16,19,24H,6-7,9,11-12,17-18H2,1-5H3,(H2,30,31)(H,34,38);5,7-9,11,14H,3-4,6,10H2,1-2H3,(H2,18,22). The molecule has 2 saturated heterocycles. The number of nitrogens with two attached hydrogens (primary N) is 2. The molecule has 2 aliphatic rings. The maximum atomic E-state index is 13.7. The van der Waals surface area contributed by atoms with Gasteiger partial charge in [0.2, 0.25) is 0 Å². The summed E-state index contributed by atoms with van der Waals surface area (Å²) in [6.45, 7) is 18.7. The van der Waals surface area contributed by atoms with Crippen LogP contribution in [0, 0.1) is 11.8 Å². The van der Waals surface area contributed by atoms with E-state index in [4.69, 9.17) is 16.2 Å². The second-order valence-corrected chi connectivity index (χ2v) is 24.1. The fourth-order valence-electron chi connectivity index (χ4n) is 8.86. The molecule has 0 spiro atoms. The molecule has 0 radical (unpaired) electrons. The number of nitrogens with zero attached hydrogens (tertiary/aromatic N) is 9. The molecule has 6 heterocycles. The molecule has 8 rings (SSSR count). The summed E-state index contributed by atoms with van der Waals surface area (Å²) >= 11 is 0. The third kappa shape index (κ3) is 9.97. The molecule has 4 amide bonds. The van der Waals surface area contributed by atoms with Crippen LogP contribution in [-0.4, -0.2) is 95.5 Å². The van der Waals surface area contributed by atoms with Crippen molar-refractivity contribution < 1.29 is 23.9 Å². The summed E-state index contributed by atoms with van der Waals surface area (Å²) in [6.07, 6.45) is 10.4. The fourth-order valence-corrected chi connectivity index (χ4v) is 9.62. The molecule has 4 aromatic heterocycles. The Morgan fingerprint density at radius 1 is 0.750 bits per heavy atom. The molecular weight excluding hydrogens is 829 g/mol. The maximum Gasteiger partial charge on any atom is 0.314 e. The molecule has 0 saturated carbocycles. The number of nitrogen functional groups attached to an aromatic ring is 1. The summed E-state index contributed by atoms with van der Waals surface area (Å²) in [5, 5.41) is 18.7. The van der Waals surface area contributed by atoms with Crippen molar-refractivity contribution in [1.82, 2.24) is 44.1 Å². The minimum absolute atomic E-state index is 0.0967. The van der Waals surface area contributed by atoms with Gasteiger partial charge < -0.3 is 31.3 Å². The van der Waals surface area contributed by atoms with Crippen LogP contribution in [0.4, 0.5) is 11.5 Å². The predicted molar refractivity (Wildman–Crippen MR) is 250 cm³/mol. The molecule has 64 heavy (non-hydrogen) atoms. The van der Waals surface area contributed by atoms with Gasteiger partial charge in [-0.25, -0.2) is 9.67 Å². The van der Waals surface area contributed by atoms with Gasteiger partial charge >= 0.3 is 23.6 Å². The van der Waals surface area contributed by atoms with Gasteiger partial charge in [-0.3, -0.25) is 28.5 Å². The van der Waals surface area contributed by atoms with Crippen molar-refractivity contribution >= 4 is 75.9 Å². The summed E-state index contributed by atoms with van der Waals surface area (Å²) in [5.41, 5.74) is 16.5. The molecule has 5 N–H and O–H groups in total. The van der Waals surface area contributed by atoms with Gasteiger partial charge in [-0.05, 0) is 92.8 Å². The molecule has 340 valence electrons. The molecule has 4 unspecified atom stereocenters. The van der Waals surface area contributed by atoms with Crippen molar-refractivity contribution in [1.29, 1.82) is 0 Å². The number of carbonyl (C=O) groups is 4. The van der Waals surface area contributed by atoms with Crippen LogP contribution >= 0.6 is 0 Å². The van der Waals surface area contributed by atoms with E-state index >= 15 is 0 Å². The molecule has 2 aromatic carbocycles. The molecule has 0 bridgehead atoms. The van der Waals surface area contributed by atoms with Crippen LogP contribution in [-0.2, 0) is 43.7 Å². The summed E-state index contributed by atoms with van der Waals surface area (Å²) < 4.78 is 11.4. The number of amides is 4. The number of anilines is 2. The van der Waals surface area contributed by atoms with E-state index in [2.05, 4.69) is 85.1 Å². The van der Waals surface area contributed by atoms with Gasteiger partial charge in [0, 0.05) is 51.6 Å². The van der Waals surface area contributed by atoms with Crippen LogP contribution in [0.2, 0.25) is 25.7 Å². The second kappa shape index (κ2) is 19.3. The Balaban J connectivity index is 0.000000225. The number of pyridine rings is 1. The van der Waals surface area contributed by atoms with Crippen molar-refractivity contribution in [2.45, 2.75) is 111 Å². The van der Waals surface area contributed by atoms with E-state index in [0.717, 1.165) is 77.7 Å². The number of likely N-dealkylation sites (tertiary alicyclic amines) is 2. The minimum atomic E-state index is -1.24. The van der Waals surface area contributed by atoms with Gasteiger partial charge in [-0.1, -0.05) is 45.6 Å². The first-order valence-electron chi connectivity index (χ1n) is 22.4. The Bertz CT molecular complexity index is 2670. The van der Waals surface area contributed by atoms with Crippen LogP contribution < -0.4 is 16.8 Å². The Labute approximate surface area is 374 Å². The number of ether oxygens (including phenoxy) is 1. The topological polar surface area (TPSA) is 214 Å². The van der Waals surface area contributed by atoms with E-state index in [1.807, 2.05) is 46.0 Å². The third-order valence-electron chi connectivity index (χ3n) is 12.4. The van der Waals surface area contributed by atoms with E-state index in [1.54, 1.807) is 20.7 Å². The van der Waals surface area contributed by atoms with E-state index in [-0.39, 0.29) is 24.7 Å². The quantitative estimate of drug-likeness (QED) is 0.0774. The van der Waals surface area contributed by atoms with Crippen LogP contribution in [0.5, 0.6) is 0 Å². The largest absolute Gasteiger partial charge is 0.383 e. The van der Waals surface area contributed by atoms with Crippen molar-refractivity contribution in [2.75, 3.05) is 30.7 Å². The van der Waals surface area contributed by atoms with E-state index in [1.165, 1.54) is 6.20 Å². The SMILES string of the molecule is CCn1ncc2cc(C3CCC(C)CN3C(=O)C(=O)Nc3cnc(N)c4cnn(COCC[Si](C)(C)C)c34)ccc21.CCn1ncc2cc(C3CCC(C)CN3C(=O)C(N)=O)ccc21. The lowest BCUT2D eigenvalue weighted by Crippen LogP contribution is -2.46. The van der Waals surface area contributed by atoms with E-state index in [9.17, 15) is 19.2 Å². The van der Waals surface area contributed by atoms with E-state index < -0.39 is 31.7 Å². The maximum absolute atomic E-state index is 13.7. The molecule has 2 aliphatic heterocycles. The van der Waals surface area contributed by atoms with Crippen molar-refractivity contribution in [2.24, 2.45) is 17.6 Å². The molecule has 0 aliphatic carbocycles. The molecular formula is C46H62N12O5Si. The number of nitrogens with one attached hydrogen (secondary N) is 1. The number of aryl methyl sites for hydroxylation is 2. The highest BCUT2D eigenvalue weighted by atomic mass is 28.3. The lowest BCUT2D eigenvalue weighted by atomic mass is 9.89. The average Bonchev–Trinajstić information content (AvgIpc) is 4.02. The highest BCUT2D eigenvalue weighted by Gasteiger charge is 2.36. The van der Waals surface area contributed by atoms with Gasteiger partial charge in [0.05, 0.1) is 64.5 Å². The zero-order valence-electron chi connectivity index (χ0n) is 38.1. The normalized spacial score (nSPS) is 19.2. The number of aromatic nitrogens is 7. The molecule has 17 nitrogen and oxygen atoms in total. The first-order chi connectivity index (χ1) is 30.6. The van der Waals surface area contributed by atoms with Crippen LogP contribution in [0.3, 0.4) is 0 Å². The van der Waals surface area contributed by atoms with E-state index in [0.29, 0.717) is 48.0 Å². The summed E-state index contributed by atoms with van der Waals surface area (Å²) in [6, 6.07) is 13.0. The number of primary amides is 1. The number of carbonyl (C=O) groups excluding carboxylic acids is 4. The highest BCUT2D eigenvalue weighted by molar-refractivity contribution is 6.76. The van der Waals surface area contributed by atoms with Crippen molar-refractivity contribution in [3.8, 4) is 0 Å². The van der Waals surface area contributed by atoms with Crippen molar-refractivity contribution in [3.63, 3.8) is 0 Å². The summed E-state index contributed by atoms with van der Waals surface area (Å²) in [4.78, 5) is 58.2. The number of hydrogen-bond acceptors (Lipinski definition) is 10. The van der Waals surface area contributed by atoms with Crippen LogP contribution in [0.25, 0.3) is 32.7 Å². The average molecular weight is 891 g/mol. The smallest absolute Gasteiger partial charge is 0.314 e.